The molecule has 1 saturated heterocycles. The smallest absolute Gasteiger partial charge is 0.232 e. The summed E-state index contributed by atoms with van der Waals surface area (Å²) in [7, 11) is 0. The van der Waals surface area contributed by atoms with Gasteiger partial charge < -0.3 is 9.42 Å². The molecular formula is C16H18ClN3O2. The van der Waals surface area contributed by atoms with E-state index in [0.29, 0.717) is 30.4 Å². The van der Waals surface area contributed by atoms with Crippen LogP contribution < -0.4 is 0 Å². The van der Waals surface area contributed by atoms with Crippen molar-refractivity contribution >= 4 is 17.5 Å². The maximum atomic E-state index is 12.2. The average molecular weight is 320 g/mol. The molecule has 22 heavy (non-hydrogen) atoms. The molecule has 0 aliphatic carbocycles. The first kappa shape index (κ1) is 15.0. The second kappa shape index (κ2) is 6.48. The standard InChI is InChI=1S/C16H18ClN3O2/c1-2-3-14-18-16(22-19-14)12-8-15(21)20(10-12)9-11-4-6-13(17)7-5-11/h4-7,12H,2-3,8-10H2,1H3. The summed E-state index contributed by atoms with van der Waals surface area (Å²) in [6, 6.07) is 7.55. The molecule has 0 N–H and O–H groups in total. The van der Waals surface area contributed by atoms with Crippen molar-refractivity contribution in [2.45, 2.75) is 38.6 Å². The molecule has 6 heteroatoms. The van der Waals surface area contributed by atoms with Crippen molar-refractivity contribution in [3.05, 3.63) is 46.6 Å². The number of amides is 1. The number of carbonyl (C=O) groups excluding carboxylic acids is 1. The number of likely N-dealkylation sites (tertiary alicyclic amines) is 1. The maximum absolute atomic E-state index is 12.2. The number of hydrogen-bond acceptors (Lipinski definition) is 4. The van der Waals surface area contributed by atoms with Gasteiger partial charge in [0.15, 0.2) is 5.82 Å². The van der Waals surface area contributed by atoms with Crippen LogP contribution in [0.3, 0.4) is 0 Å². The molecule has 1 amide bonds. The quantitative estimate of drug-likeness (QED) is 0.849. The van der Waals surface area contributed by atoms with Crippen LogP contribution in [0.1, 0.15) is 43.0 Å². The van der Waals surface area contributed by atoms with Gasteiger partial charge in [0.2, 0.25) is 11.8 Å². The minimum absolute atomic E-state index is 0.00194. The Bertz CT molecular complexity index is 654. The van der Waals surface area contributed by atoms with E-state index in [1.54, 1.807) is 0 Å². The molecular weight excluding hydrogens is 302 g/mol. The highest BCUT2D eigenvalue weighted by Gasteiger charge is 2.34. The van der Waals surface area contributed by atoms with Gasteiger partial charge in [-0.05, 0) is 24.1 Å². The van der Waals surface area contributed by atoms with Crippen molar-refractivity contribution in [1.82, 2.24) is 15.0 Å². The molecule has 0 spiro atoms. The van der Waals surface area contributed by atoms with E-state index in [-0.39, 0.29) is 11.8 Å². The van der Waals surface area contributed by atoms with Crippen LogP contribution in [0.2, 0.25) is 5.02 Å². The first-order valence-electron chi connectivity index (χ1n) is 7.50. The van der Waals surface area contributed by atoms with Crippen LogP contribution in [0, 0.1) is 0 Å². The van der Waals surface area contributed by atoms with Gasteiger partial charge in [-0.25, -0.2) is 0 Å². The fourth-order valence-electron chi connectivity index (χ4n) is 2.66. The minimum Gasteiger partial charge on any atom is -0.339 e. The fraction of sp³-hybridized carbons (Fsp3) is 0.438. The molecule has 0 saturated carbocycles. The third-order valence-corrected chi connectivity index (χ3v) is 4.06. The van der Waals surface area contributed by atoms with Crippen molar-refractivity contribution in [2.24, 2.45) is 0 Å². The number of halogens is 1. The van der Waals surface area contributed by atoms with Gasteiger partial charge in [-0.15, -0.1) is 0 Å². The van der Waals surface area contributed by atoms with E-state index in [1.165, 1.54) is 0 Å². The second-order valence-electron chi connectivity index (χ2n) is 5.60. The van der Waals surface area contributed by atoms with Crippen molar-refractivity contribution in [3.8, 4) is 0 Å². The molecule has 1 aromatic carbocycles. The third-order valence-electron chi connectivity index (χ3n) is 3.81. The van der Waals surface area contributed by atoms with E-state index in [4.69, 9.17) is 16.1 Å². The van der Waals surface area contributed by atoms with E-state index in [0.717, 1.165) is 24.2 Å². The summed E-state index contributed by atoms with van der Waals surface area (Å²) >= 11 is 5.88. The van der Waals surface area contributed by atoms with Crippen molar-refractivity contribution in [3.63, 3.8) is 0 Å². The lowest BCUT2D eigenvalue weighted by molar-refractivity contribution is -0.128. The molecule has 1 aromatic heterocycles. The van der Waals surface area contributed by atoms with Gasteiger partial charge >= 0.3 is 0 Å². The van der Waals surface area contributed by atoms with Gasteiger partial charge in [-0.1, -0.05) is 35.8 Å². The molecule has 2 heterocycles. The molecule has 0 radical (unpaired) electrons. The van der Waals surface area contributed by atoms with Crippen LogP contribution in [0.25, 0.3) is 0 Å². The number of aryl methyl sites for hydroxylation is 1. The molecule has 1 aliphatic heterocycles. The SMILES string of the molecule is CCCc1noc(C2CC(=O)N(Cc3ccc(Cl)cc3)C2)n1. The van der Waals surface area contributed by atoms with Gasteiger partial charge in [0.1, 0.15) is 0 Å². The predicted molar refractivity (Wildman–Crippen MR) is 82.5 cm³/mol. The van der Waals surface area contributed by atoms with Crippen LogP contribution in [0.4, 0.5) is 0 Å². The summed E-state index contributed by atoms with van der Waals surface area (Å²) < 4.78 is 5.31. The normalized spacial score (nSPS) is 18.2. The van der Waals surface area contributed by atoms with Crippen LogP contribution in [0.5, 0.6) is 0 Å². The molecule has 2 aromatic rings. The Morgan fingerprint density at radius 2 is 2.14 bits per heavy atom. The lowest BCUT2D eigenvalue weighted by Crippen LogP contribution is -2.24. The predicted octanol–water partition coefficient (Wildman–Crippen LogP) is 3.19. The second-order valence-corrected chi connectivity index (χ2v) is 6.04. The molecule has 3 rings (SSSR count). The van der Waals surface area contributed by atoms with Gasteiger partial charge in [-0.3, -0.25) is 4.79 Å². The Morgan fingerprint density at radius 3 is 2.86 bits per heavy atom. The lowest BCUT2D eigenvalue weighted by Gasteiger charge is -2.16. The number of carbonyl (C=O) groups is 1. The Morgan fingerprint density at radius 1 is 1.36 bits per heavy atom. The summed E-state index contributed by atoms with van der Waals surface area (Å²) in [5.41, 5.74) is 1.07. The zero-order chi connectivity index (χ0) is 15.5. The van der Waals surface area contributed by atoms with Crippen molar-refractivity contribution in [2.75, 3.05) is 6.54 Å². The summed E-state index contributed by atoms with van der Waals surface area (Å²) in [5, 5.41) is 4.66. The molecule has 0 bridgehead atoms. The van der Waals surface area contributed by atoms with Crippen LogP contribution in [-0.4, -0.2) is 27.5 Å². The number of nitrogens with zero attached hydrogens (tertiary/aromatic N) is 3. The maximum Gasteiger partial charge on any atom is 0.232 e. The summed E-state index contributed by atoms with van der Waals surface area (Å²) in [6.07, 6.45) is 2.21. The summed E-state index contributed by atoms with van der Waals surface area (Å²) in [5.74, 6) is 1.42. The van der Waals surface area contributed by atoms with E-state index in [9.17, 15) is 4.79 Å². The Balaban J connectivity index is 1.65. The Labute approximate surface area is 134 Å². The van der Waals surface area contributed by atoms with E-state index in [1.807, 2.05) is 29.2 Å². The molecule has 1 unspecified atom stereocenters. The van der Waals surface area contributed by atoms with Crippen LogP contribution >= 0.6 is 11.6 Å². The van der Waals surface area contributed by atoms with E-state index in [2.05, 4.69) is 17.1 Å². The molecule has 1 fully saturated rings. The van der Waals surface area contributed by atoms with E-state index >= 15 is 0 Å². The zero-order valence-corrected chi connectivity index (χ0v) is 13.2. The van der Waals surface area contributed by atoms with Crippen LogP contribution in [-0.2, 0) is 17.8 Å². The average Bonchev–Trinajstić information content (AvgIpc) is 3.10. The molecule has 116 valence electrons. The van der Waals surface area contributed by atoms with Crippen molar-refractivity contribution < 1.29 is 9.32 Å². The highest BCUT2D eigenvalue weighted by atomic mass is 35.5. The largest absolute Gasteiger partial charge is 0.339 e. The number of benzene rings is 1. The third kappa shape index (κ3) is 3.30. The zero-order valence-electron chi connectivity index (χ0n) is 12.5. The number of hydrogen-bond donors (Lipinski definition) is 0. The first-order valence-corrected chi connectivity index (χ1v) is 7.88. The molecule has 1 atom stereocenters. The first-order chi connectivity index (χ1) is 10.7. The lowest BCUT2D eigenvalue weighted by atomic mass is 10.1. The molecule has 1 aliphatic rings. The van der Waals surface area contributed by atoms with Crippen LogP contribution in [0.15, 0.2) is 28.8 Å². The van der Waals surface area contributed by atoms with Gasteiger partial charge in [0.25, 0.3) is 0 Å². The van der Waals surface area contributed by atoms with Gasteiger partial charge in [0, 0.05) is 31.0 Å². The Hall–Kier alpha value is -1.88. The highest BCUT2D eigenvalue weighted by molar-refractivity contribution is 6.30. The fourth-order valence-corrected chi connectivity index (χ4v) is 2.79. The van der Waals surface area contributed by atoms with Gasteiger partial charge in [-0.2, -0.15) is 4.98 Å². The van der Waals surface area contributed by atoms with Crippen molar-refractivity contribution in [1.29, 1.82) is 0 Å². The van der Waals surface area contributed by atoms with Gasteiger partial charge in [0.05, 0.1) is 5.92 Å². The number of aromatic nitrogens is 2. The topological polar surface area (TPSA) is 59.2 Å². The molecule has 5 nitrogen and oxygen atoms in total. The minimum atomic E-state index is -0.00194. The number of rotatable bonds is 5. The highest BCUT2D eigenvalue weighted by Crippen LogP contribution is 2.28. The Kier molecular flexibility index (Phi) is 4.43. The van der Waals surface area contributed by atoms with E-state index < -0.39 is 0 Å². The summed E-state index contributed by atoms with van der Waals surface area (Å²) in [4.78, 5) is 18.4. The summed E-state index contributed by atoms with van der Waals surface area (Å²) in [6.45, 7) is 3.28. The monoisotopic (exact) mass is 319 g/mol.